The van der Waals surface area contributed by atoms with Gasteiger partial charge in [0.05, 0.1) is 18.5 Å². The topological polar surface area (TPSA) is 95.6 Å². The highest BCUT2D eigenvalue weighted by atomic mass is 32.2. The number of fused-ring (bicyclic) bond motifs is 1. The Labute approximate surface area is 142 Å². The van der Waals surface area contributed by atoms with Gasteiger partial charge in [0.15, 0.2) is 0 Å². The largest absolute Gasteiger partial charge is 0.405 e. The fraction of sp³-hybridized carbons (Fsp3) is 0.429. The molecular formula is C14H16F3N3O4S. The maximum Gasteiger partial charge on any atom is 0.405 e. The monoisotopic (exact) mass is 379 g/mol. The summed E-state index contributed by atoms with van der Waals surface area (Å²) in [6.07, 6.45) is -3.00. The van der Waals surface area contributed by atoms with Gasteiger partial charge in [-0.1, -0.05) is 0 Å². The van der Waals surface area contributed by atoms with Crippen molar-refractivity contribution in [3.8, 4) is 0 Å². The molecule has 25 heavy (non-hydrogen) atoms. The Morgan fingerprint density at radius 3 is 2.52 bits per heavy atom. The molecule has 138 valence electrons. The van der Waals surface area contributed by atoms with E-state index in [9.17, 15) is 31.2 Å². The van der Waals surface area contributed by atoms with Crippen molar-refractivity contribution in [1.29, 1.82) is 0 Å². The summed E-state index contributed by atoms with van der Waals surface area (Å²) in [5.41, 5.74) is 1.35. The van der Waals surface area contributed by atoms with Crippen molar-refractivity contribution in [3.05, 3.63) is 29.3 Å². The van der Waals surface area contributed by atoms with E-state index in [1.54, 1.807) is 5.32 Å². The van der Waals surface area contributed by atoms with Gasteiger partial charge in [0.25, 0.3) is 5.91 Å². The predicted molar refractivity (Wildman–Crippen MR) is 83.7 cm³/mol. The fourth-order valence-electron chi connectivity index (χ4n) is 2.38. The van der Waals surface area contributed by atoms with Crippen LogP contribution in [0.1, 0.15) is 15.9 Å². The molecule has 0 atom stereocenters. The number of carbonyl (C=O) groups excluding carboxylic acids is 2. The number of nitrogens with one attached hydrogen (secondary N) is 2. The Morgan fingerprint density at radius 2 is 1.92 bits per heavy atom. The van der Waals surface area contributed by atoms with E-state index in [0.717, 1.165) is 6.26 Å². The molecule has 7 nitrogen and oxygen atoms in total. The van der Waals surface area contributed by atoms with E-state index < -0.39 is 41.1 Å². The quantitative estimate of drug-likeness (QED) is 0.775. The molecule has 0 radical (unpaired) electrons. The number of carbonyl (C=O) groups is 2. The number of alkyl halides is 3. The molecule has 2 amide bonds. The van der Waals surface area contributed by atoms with Crippen LogP contribution in [-0.2, 0) is 21.2 Å². The molecule has 1 aliphatic rings. The Balaban J connectivity index is 1.97. The molecule has 0 unspecified atom stereocenters. The first-order valence-electron chi connectivity index (χ1n) is 7.19. The normalized spacial score (nSPS) is 14.2. The molecular weight excluding hydrogens is 363 g/mol. The second-order valence-electron chi connectivity index (χ2n) is 5.50. The number of hydrogen-bond acceptors (Lipinski definition) is 4. The number of rotatable bonds is 5. The molecule has 0 saturated carbocycles. The number of anilines is 1. The Bertz CT molecular complexity index is 793. The van der Waals surface area contributed by atoms with Gasteiger partial charge < -0.3 is 10.6 Å². The first-order valence-corrected chi connectivity index (χ1v) is 9.04. The van der Waals surface area contributed by atoms with E-state index in [-0.39, 0.29) is 12.1 Å². The lowest BCUT2D eigenvalue weighted by molar-refractivity contribution is -0.137. The highest BCUT2D eigenvalue weighted by Crippen LogP contribution is 2.30. The number of benzene rings is 1. The van der Waals surface area contributed by atoms with Gasteiger partial charge in [0.2, 0.25) is 15.9 Å². The third-order valence-corrected chi connectivity index (χ3v) is 4.67. The highest BCUT2D eigenvalue weighted by molar-refractivity contribution is 7.92. The minimum Gasteiger partial charge on any atom is -0.345 e. The number of sulfonamides is 1. The average Bonchev–Trinajstić information content (AvgIpc) is 2.93. The van der Waals surface area contributed by atoms with Crippen LogP contribution < -0.4 is 14.9 Å². The Kier molecular flexibility index (Phi) is 5.26. The van der Waals surface area contributed by atoms with Gasteiger partial charge in [-0.2, -0.15) is 13.2 Å². The minimum absolute atomic E-state index is 0.192. The zero-order valence-electron chi connectivity index (χ0n) is 13.2. The van der Waals surface area contributed by atoms with E-state index in [2.05, 4.69) is 5.32 Å². The zero-order valence-corrected chi connectivity index (χ0v) is 14.0. The van der Waals surface area contributed by atoms with Crippen LogP contribution in [0, 0.1) is 0 Å². The molecule has 11 heteroatoms. The van der Waals surface area contributed by atoms with Crippen LogP contribution in [0.5, 0.6) is 0 Å². The average molecular weight is 379 g/mol. The van der Waals surface area contributed by atoms with Gasteiger partial charge in [-0.15, -0.1) is 0 Å². The lowest BCUT2D eigenvalue weighted by Gasteiger charge is -2.16. The van der Waals surface area contributed by atoms with Crippen LogP contribution in [0.3, 0.4) is 0 Å². The molecule has 0 bridgehead atoms. The summed E-state index contributed by atoms with van der Waals surface area (Å²) in [6.45, 7) is -1.79. The van der Waals surface area contributed by atoms with Gasteiger partial charge >= 0.3 is 6.18 Å². The van der Waals surface area contributed by atoms with Gasteiger partial charge in [-0.3, -0.25) is 13.9 Å². The number of hydrogen-bond donors (Lipinski definition) is 2. The standard InChI is InChI=1S/C14H16F3N3O4S/c1-25(23,24)20-5-4-9-6-10(2-3-11(9)20)13(22)18-7-12(21)19-8-14(15,16)17/h2-3,6H,4-5,7-8H2,1H3,(H,18,22)(H,19,21). The van der Waals surface area contributed by atoms with Crippen molar-refractivity contribution in [1.82, 2.24) is 10.6 Å². The third-order valence-electron chi connectivity index (χ3n) is 3.49. The Hall–Kier alpha value is -2.30. The molecule has 0 aliphatic carbocycles. The van der Waals surface area contributed by atoms with Gasteiger partial charge in [-0.05, 0) is 30.2 Å². The van der Waals surface area contributed by atoms with Crippen molar-refractivity contribution in [2.75, 3.05) is 30.2 Å². The molecule has 1 aromatic rings. The van der Waals surface area contributed by atoms with Crippen molar-refractivity contribution < 1.29 is 31.2 Å². The molecule has 2 N–H and O–H groups in total. The van der Waals surface area contributed by atoms with Crippen molar-refractivity contribution in [2.45, 2.75) is 12.6 Å². The van der Waals surface area contributed by atoms with Crippen LogP contribution in [-0.4, -0.2) is 52.3 Å². The second kappa shape index (κ2) is 6.90. The SMILES string of the molecule is CS(=O)(=O)N1CCc2cc(C(=O)NCC(=O)NCC(F)(F)F)ccc21. The summed E-state index contributed by atoms with van der Waals surface area (Å²) in [5.74, 6) is -1.60. The maximum absolute atomic E-state index is 12.0. The summed E-state index contributed by atoms with van der Waals surface area (Å²) in [4.78, 5) is 23.3. The van der Waals surface area contributed by atoms with Crippen LogP contribution >= 0.6 is 0 Å². The second-order valence-corrected chi connectivity index (χ2v) is 7.41. The molecule has 0 aromatic heterocycles. The van der Waals surface area contributed by atoms with E-state index in [0.29, 0.717) is 17.7 Å². The van der Waals surface area contributed by atoms with Crippen LogP contribution in [0.2, 0.25) is 0 Å². The van der Waals surface area contributed by atoms with E-state index in [1.165, 1.54) is 22.5 Å². The molecule has 1 aromatic carbocycles. The van der Waals surface area contributed by atoms with Crippen LogP contribution in [0.15, 0.2) is 18.2 Å². The molecule has 1 heterocycles. The lowest BCUT2D eigenvalue weighted by atomic mass is 10.1. The van der Waals surface area contributed by atoms with Gasteiger partial charge in [0.1, 0.15) is 6.54 Å². The lowest BCUT2D eigenvalue weighted by Crippen LogP contribution is -2.40. The van der Waals surface area contributed by atoms with Gasteiger partial charge in [0, 0.05) is 12.1 Å². The fourth-order valence-corrected chi connectivity index (χ4v) is 3.34. The molecule has 2 rings (SSSR count). The first-order chi connectivity index (χ1) is 11.5. The van der Waals surface area contributed by atoms with E-state index >= 15 is 0 Å². The Morgan fingerprint density at radius 1 is 1.24 bits per heavy atom. The van der Waals surface area contributed by atoms with Gasteiger partial charge in [-0.25, -0.2) is 8.42 Å². The third kappa shape index (κ3) is 5.08. The van der Waals surface area contributed by atoms with Crippen LogP contribution in [0.4, 0.5) is 18.9 Å². The summed E-state index contributed by atoms with van der Waals surface area (Å²) in [5, 5.41) is 3.86. The number of amides is 2. The zero-order chi connectivity index (χ0) is 18.8. The summed E-state index contributed by atoms with van der Waals surface area (Å²) in [6, 6.07) is 4.39. The molecule has 1 aliphatic heterocycles. The predicted octanol–water partition coefficient (Wildman–Crippen LogP) is 0.417. The van der Waals surface area contributed by atoms with E-state index in [1.807, 2.05) is 0 Å². The minimum atomic E-state index is -4.52. The summed E-state index contributed by atoms with van der Waals surface area (Å²) < 4.78 is 60.4. The summed E-state index contributed by atoms with van der Waals surface area (Å²) >= 11 is 0. The highest BCUT2D eigenvalue weighted by Gasteiger charge is 2.28. The smallest absolute Gasteiger partial charge is 0.345 e. The number of halogens is 3. The molecule has 0 saturated heterocycles. The summed E-state index contributed by atoms with van der Waals surface area (Å²) in [7, 11) is -3.40. The maximum atomic E-state index is 12.0. The molecule has 0 fully saturated rings. The molecule has 0 spiro atoms. The number of nitrogens with zero attached hydrogens (tertiary/aromatic N) is 1. The van der Waals surface area contributed by atoms with Crippen molar-refractivity contribution in [2.24, 2.45) is 0 Å². The van der Waals surface area contributed by atoms with Crippen LogP contribution in [0.25, 0.3) is 0 Å². The first kappa shape index (κ1) is 19.0. The van der Waals surface area contributed by atoms with E-state index in [4.69, 9.17) is 0 Å². The van der Waals surface area contributed by atoms with Crippen molar-refractivity contribution in [3.63, 3.8) is 0 Å². The van der Waals surface area contributed by atoms with Crippen molar-refractivity contribution >= 4 is 27.5 Å².